The Morgan fingerprint density at radius 3 is 2.70 bits per heavy atom. The summed E-state index contributed by atoms with van der Waals surface area (Å²) < 4.78 is 33.1. The Morgan fingerprint density at radius 1 is 1.37 bits per heavy atom. The molecule has 0 aliphatic heterocycles. The first-order chi connectivity index (χ1) is 12.6. The third kappa shape index (κ3) is 5.79. The molecule has 0 radical (unpaired) electrons. The van der Waals surface area contributed by atoms with Crippen LogP contribution in [0.25, 0.3) is 11.3 Å². The minimum atomic E-state index is -0.731. The van der Waals surface area contributed by atoms with E-state index in [1.807, 2.05) is 0 Å². The molecule has 146 valence electrons. The fourth-order valence-corrected chi connectivity index (χ4v) is 2.45. The van der Waals surface area contributed by atoms with Crippen LogP contribution in [0, 0.1) is 11.6 Å². The van der Waals surface area contributed by atoms with Crippen LogP contribution in [-0.4, -0.2) is 33.1 Å². The summed E-state index contributed by atoms with van der Waals surface area (Å²) in [6, 6.07) is 1.90. The maximum Gasteiger partial charge on any atom is 0.410 e. The van der Waals surface area contributed by atoms with Crippen molar-refractivity contribution in [3.05, 3.63) is 53.5 Å². The molecule has 0 spiro atoms. The van der Waals surface area contributed by atoms with Crippen LogP contribution < -0.4 is 0 Å². The number of benzene rings is 1. The largest absolute Gasteiger partial charge is 0.444 e. The molecule has 0 fully saturated rings. The van der Waals surface area contributed by atoms with E-state index in [4.69, 9.17) is 16.3 Å². The lowest BCUT2D eigenvalue weighted by Crippen LogP contribution is -2.37. The van der Waals surface area contributed by atoms with Gasteiger partial charge in [-0.25, -0.2) is 18.6 Å². The zero-order valence-corrected chi connectivity index (χ0v) is 16.2. The monoisotopic (exact) mass is 397 g/mol. The SMILES string of the molecule is C=CCCN(Cc1ncc(-c2cc(F)c(Cl)cc2F)[nH]1)C(=O)OC(C)(C)C. The van der Waals surface area contributed by atoms with Gasteiger partial charge in [0, 0.05) is 12.1 Å². The quantitative estimate of drug-likeness (QED) is 0.530. The van der Waals surface area contributed by atoms with E-state index in [0.29, 0.717) is 18.8 Å². The normalized spacial score (nSPS) is 11.3. The minimum Gasteiger partial charge on any atom is -0.444 e. The summed E-state index contributed by atoms with van der Waals surface area (Å²) in [5, 5.41) is -0.295. The Kier molecular flexibility index (Phi) is 6.59. The summed E-state index contributed by atoms with van der Waals surface area (Å²) in [5.41, 5.74) is -0.349. The fraction of sp³-hybridized carbons (Fsp3) is 0.368. The van der Waals surface area contributed by atoms with Gasteiger partial charge in [-0.1, -0.05) is 17.7 Å². The highest BCUT2D eigenvalue weighted by molar-refractivity contribution is 6.30. The van der Waals surface area contributed by atoms with Crippen molar-refractivity contribution in [1.29, 1.82) is 0 Å². The molecule has 0 atom stereocenters. The van der Waals surface area contributed by atoms with Crippen LogP contribution in [0.4, 0.5) is 13.6 Å². The van der Waals surface area contributed by atoms with E-state index in [9.17, 15) is 13.6 Å². The fourth-order valence-electron chi connectivity index (χ4n) is 2.30. The first kappa shape index (κ1) is 20.9. The number of H-pyrrole nitrogens is 1. The Bertz CT molecular complexity index is 831. The molecule has 8 heteroatoms. The smallest absolute Gasteiger partial charge is 0.410 e. The van der Waals surface area contributed by atoms with E-state index >= 15 is 0 Å². The van der Waals surface area contributed by atoms with Crippen LogP contribution in [-0.2, 0) is 11.3 Å². The van der Waals surface area contributed by atoms with Crippen LogP contribution in [0.1, 0.15) is 33.0 Å². The van der Waals surface area contributed by atoms with Crippen LogP contribution in [0.2, 0.25) is 5.02 Å². The number of amides is 1. The summed E-state index contributed by atoms with van der Waals surface area (Å²) >= 11 is 5.58. The molecule has 0 saturated carbocycles. The van der Waals surface area contributed by atoms with Crippen molar-refractivity contribution >= 4 is 17.7 Å². The van der Waals surface area contributed by atoms with Gasteiger partial charge in [-0.2, -0.15) is 0 Å². The summed E-state index contributed by atoms with van der Waals surface area (Å²) in [5.74, 6) is -0.993. The first-order valence-electron chi connectivity index (χ1n) is 8.38. The van der Waals surface area contributed by atoms with E-state index in [1.54, 1.807) is 26.8 Å². The van der Waals surface area contributed by atoms with E-state index in [-0.39, 0.29) is 22.8 Å². The molecule has 5 nitrogen and oxygen atoms in total. The summed E-state index contributed by atoms with van der Waals surface area (Å²) in [6.45, 7) is 9.50. The predicted molar refractivity (Wildman–Crippen MR) is 100 cm³/mol. The molecule has 0 aliphatic rings. The lowest BCUT2D eigenvalue weighted by Gasteiger charge is -2.26. The summed E-state index contributed by atoms with van der Waals surface area (Å²) in [4.78, 5) is 20.9. The second-order valence-electron chi connectivity index (χ2n) is 6.97. The molecule has 1 N–H and O–H groups in total. The number of ether oxygens (including phenoxy) is 1. The van der Waals surface area contributed by atoms with Gasteiger partial charge in [0.25, 0.3) is 0 Å². The van der Waals surface area contributed by atoms with Crippen molar-refractivity contribution in [3.8, 4) is 11.3 Å². The van der Waals surface area contributed by atoms with E-state index < -0.39 is 23.3 Å². The van der Waals surface area contributed by atoms with Gasteiger partial charge < -0.3 is 14.6 Å². The van der Waals surface area contributed by atoms with Gasteiger partial charge in [0.15, 0.2) is 0 Å². The number of carbonyl (C=O) groups is 1. The maximum absolute atomic E-state index is 14.1. The predicted octanol–water partition coefficient (Wildman–Crippen LogP) is 5.32. The number of imidazole rings is 1. The van der Waals surface area contributed by atoms with Gasteiger partial charge in [0.1, 0.15) is 23.1 Å². The number of rotatable bonds is 6. The van der Waals surface area contributed by atoms with Crippen LogP contribution in [0.15, 0.2) is 31.0 Å². The average Bonchev–Trinajstić information content (AvgIpc) is 3.01. The number of halogens is 3. The first-order valence-corrected chi connectivity index (χ1v) is 8.76. The second kappa shape index (κ2) is 8.52. The molecule has 1 aromatic carbocycles. The highest BCUT2D eigenvalue weighted by Gasteiger charge is 2.23. The molecule has 0 saturated heterocycles. The Hall–Kier alpha value is -2.41. The average molecular weight is 398 g/mol. The van der Waals surface area contributed by atoms with Gasteiger partial charge in [0.2, 0.25) is 0 Å². The Balaban J connectivity index is 2.21. The van der Waals surface area contributed by atoms with Gasteiger partial charge in [-0.3, -0.25) is 0 Å². The minimum absolute atomic E-state index is 0.00515. The van der Waals surface area contributed by atoms with Gasteiger partial charge in [0.05, 0.1) is 23.5 Å². The zero-order chi connectivity index (χ0) is 20.2. The van der Waals surface area contributed by atoms with Crippen molar-refractivity contribution in [2.45, 2.75) is 39.3 Å². The van der Waals surface area contributed by atoms with Crippen LogP contribution in [0.5, 0.6) is 0 Å². The van der Waals surface area contributed by atoms with Gasteiger partial charge in [-0.05, 0) is 39.3 Å². The second-order valence-corrected chi connectivity index (χ2v) is 7.38. The zero-order valence-electron chi connectivity index (χ0n) is 15.5. The number of carbonyl (C=O) groups excluding carboxylic acids is 1. The molecule has 2 aromatic rings. The van der Waals surface area contributed by atoms with E-state index in [2.05, 4.69) is 16.5 Å². The lowest BCUT2D eigenvalue weighted by atomic mass is 10.1. The van der Waals surface area contributed by atoms with Crippen molar-refractivity contribution in [2.75, 3.05) is 6.54 Å². The van der Waals surface area contributed by atoms with Crippen LogP contribution >= 0.6 is 11.6 Å². The van der Waals surface area contributed by atoms with E-state index in [1.165, 1.54) is 11.1 Å². The van der Waals surface area contributed by atoms with Crippen molar-refractivity contribution < 1.29 is 18.3 Å². The molecule has 27 heavy (non-hydrogen) atoms. The van der Waals surface area contributed by atoms with Gasteiger partial charge in [-0.15, -0.1) is 6.58 Å². The number of nitrogens with one attached hydrogen (secondary N) is 1. The Morgan fingerprint density at radius 2 is 2.07 bits per heavy atom. The molecule has 2 rings (SSSR count). The van der Waals surface area contributed by atoms with Crippen LogP contribution in [0.3, 0.4) is 0 Å². The number of aromatic nitrogens is 2. The Labute approximate surface area is 162 Å². The van der Waals surface area contributed by atoms with Crippen molar-refractivity contribution in [3.63, 3.8) is 0 Å². The number of nitrogens with zero attached hydrogens (tertiary/aromatic N) is 2. The maximum atomic E-state index is 14.1. The summed E-state index contributed by atoms with van der Waals surface area (Å²) in [7, 11) is 0. The number of aromatic amines is 1. The highest BCUT2D eigenvalue weighted by atomic mass is 35.5. The molecule has 1 heterocycles. The molecular formula is C19H22ClF2N3O2. The number of hydrogen-bond acceptors (Lipinski definition) is 3. The molecule has 0 aliphatic carbocycles. The third-order valence-electron chi connectivity index (χ3n) is 3.52. The van der Waals surface area contributed by atoms with E-state index in [0.717, 1.165) is 12.1 Å². The third-order valence-corrected chi connectivity index (χ3v) is 3.81. The standard InChI is InChI=1S/C19H22ClF2N3O2/c1-5-6-7-25(18(26)27-19(2,3)4)11-17-23-10-16(24-17)12-8-15(22)13(20)9-14(12)21/h5,8-10H,1,6-7,11H2,2-4H3,(H,23,24). The van der Waals surface area contributed by atoms with Gasteiger partial charge >= 0.3 is 6.09 Å². The molecule has 1 aromatic heterocycles. The lowest BCUT2D eigenvalue weighted by molar-refractivity contribution is 0.0232. The molecule has 0 unspecified atom stereocenters. The molecule has 0 bridgehead atoms. The molecule has 1 amide bonds. The van der Waals surface area contributed by atoms with Crippen molar-refractivity contribution in [1.82, 2.24) is 14.9 Å². The topological polar surface area (TPSA) is 58.2 Å². The van der Waals surface area contributed by atoms with Crippen molar-refractivity contribution in [2.24, 2.45) is 0 Å². The highest BCUT2D eigenvalue weighted by Crippen LogP contribution is 2.27. The number of hydrogen-bond donors (Lipinski definition) is 1. The summed E-state index contributed by atoms with van der Waals surface area (Å²) in [6.07, 6.45) is 3.15. The molecular weight excluding hydrogens is 376 g/mol.